The molecule has 2 nitrogen and oxygen atoms in total. The lowest BCUT2D eigenvalue weighted by Crippen LogP contribution is -2.51. The molecule has 2 saturated carbocycles. The molecule has 0 aromatic rings. The topological polar surface area (TPSA) is 15.3 Å². The molecule has 0 aromatic carbocycles. The van der Waals surface area contributed by atoms with Gasteiger partial charge in [-0.3, -0.25) is 4.90 Å². The van der Waals surface area contributed by atoms with Crippen molar-refractivity contribution < 1.29 is 0 Å². The van der Waals surface area contributed by atoms with Crippen LogP contribution in [-0.4, -0.2) is 36.1 Å². The number of nitrogens with one attached hydrogen (secondary N) is 1. The molecule has 2 fully saturated rings. The number of likely N-dealkylation sites (N-methyl/N-ethyl adjacent to an activating group) is 2. The van der Waals surface area contributed by atoms with Crippen LogP contribution in [0.5, 0.6) is 0 Å². The van der Waals surface area contributed by atoms with Crippen molar-refractivity contribution in [3.8, 4) is 0 Å². The summed E-state index contributed by atoms with van der Waals surface area (Å²) < 4.78 is 0. The lowest BCUT2D eigenvalue weighted by Gasteiger charge is -2.40. The molecule has 0 saturated heterocycles. The zero-order chi connectivity index (χ0) is 12.1. The van der Waals surface area contributed by atoms with Crippen molar-refractivity contribution in [2.24, 2.45) is 0 Å². The fourth-order valence-electron chi connectivity index (χ4n) is 4.01. The van der Waals surface area contributed by atoms with E-state index in [4.69, 9.17) is 0 Å². The Morgan fingerprint density at radius 3 is 2.35 bits per heavy atom. The Morgan fingerprint density at radius 1 is 0.941 bits per heavy atom. The van der Waals surface area contributed by atoms with Crippen LogP contribution in [0, 0.1) is 0 Å². The maximum Gasteiger partial charge on any atom is 0.0252 e. The van der Waals surface area contributed by atoms with Crippen LogP contribution in [0.3, 0.4) is 0 Å². The Kier molecular flexibility index (Phi) is 5.30. The summed E-state index contributed by atoms with van der Waals surface area (Å²) in [6, 6.07) is 2.47. The van der Waals surface area contributed by atoms with Crippen molar-refractivity contribution in [2.75, 3.05) is 13.1 Å². The molecule has 1 N–H and O–H groups in total. The van der Waals surface area contributed by atoms with E-state index in [2.05, 4.69) is 24.1 Å². The van der Waals surface area contributed by atoms with Gasteiger partial charge in [-0.15, -0.1) is 0 Å². The quantitative estimate of drug-likeness (QED) is 0.791. The second-order valence-electron chi connectivity index (χ2n) is 5.78. The highest BCUT2D eigenvalue weighted by molar-refractivity contribution is 4.93. The van der Waals surface area contributed by atoms with Crippen molar-refractivity contribution in [1.82, 2.24) is 10.2 Å². The normalized spacial score (nSPS) is 31.2. The lowest BCUT2D eigenvalue weighted by atomic mass is 9.92. The summed E-state index contributed by atoms with van der Waals surface area (Å²) in [5.74, 6) is 0. The van der Waals surface area contributed by atoms with Crippen LogP contribution >= 0.6 is 0 Å². The van der Waals surface area contributed by atoms with Crippen LogP contribution in [0.2, 0.25) is 0 Å². The average molecular weight is 238 g/mol. The van der Waals surface area contributed by atoms with Gasteiger partial charge in [-0.2, -0.15) is 0 Å². The molecular formula is C15H30N2. The van der Waals surface area contributed by atoms with Gasteiger partial charge in [0.1, 0.15) is 0 Å². The Hall–Kier alpha value is -0.0800. The van der Waals surface area contributed by atoms with E-state index in [1.807, 2.05) is 0 Å². The number of rotatable bonds is 5. The van der Waals surface area contributed by atoms with Gasteiger partial charge in [0.15, 0.2) is 0 Å². The van der Waals surface area contributed by atoms with Gasteiger partial charge in [-0.25, -0.2) is 0 Å². The van der Waals surface area contributed by atoms with E-state index in [0.717, 1.165) is 24.7 Å². The molecule has 2 unspecified atom stereocenters. The second kappa shape index (κ2) is 6.75. The van der Waals surface area contributed by atoms with Crippen LogP contribution in [0.15, 0.2) is 0 Å². The molecule has 0 radical (unpaired) electrons. The molecule has 17 heavy (non-hydrogen) atoms. The first kappa shape index (κ1) is 13.4. The van der Waals surface area contributed by atoms with Crippen molar-refractivity contribution in [3.05, 3.63) is 0 Å². The summed E-state index contributed by atoms with van der Waals surface area (Å²) in [6.45, 7) is 6.98. The second-order valence-corrected chi connectivity index (χ2v) is 5.78. The SMILES string of the molecule is CCNC1CCCC1N(CC)C1CCCCC1. The third-order valence-corrected chi connectivity index (χ3v) is 4.78. The minimum atomic E-state index is 0.766. The van der Waals surface area contributed by atoms with E-state index in [1.54, 1.807) is 0 Å². The van der Waals surface area contributed by atoms with Gasteiger partial charge in [0.2, 0.25) is 0 Å². The first-order chi connectivity index (χ1) is 8.36. The van der Waals surface area contributed by atoms with Gasteiger partial charge in [0.05, 0.1) is 0 Å². The predicted molar refractivity (Wildman–Crippen MR) is 74.4 cm³/mol. The Balaban J connectivity index is 1.95. The molecule has 0 aromatic heterocycles. The van der Waals surface area contributed by atoms with Gasteiger partial charge in [0.25, 0.3) is 0 Å². The lowest BCUT2D eigenvalue weighted by molar-refractivity contribution is 0.0974. The summed E-state index contributed by atoms with van der Waals surface area (Å²) in [7, 11) is 0. The van der Waals surface area contributed by atoms with E-state index >= 15 is 0 Å². The third-order valence-electron chi connectivity index (χ3n) is 4.78. The molecule has 0 spiro atoms. The van der Waals surface area contributed by atoms with Crippen LogP contribution in [0.25, 0.3) is 0 Å². The summed E-state index contributed by atoms with van der Waals surface area (Å²) in [4.78, 5) is 2.83. The van der Waals surface area contributed by atoms with E-state index < -0.39 is 0 Å². The fourth-order valence-corrected chi connectivity index (χ4v) is 4.01. The number of hydrogen-bond acceptors (Lipinski definition) is 2. The molecule has 0 heterocycles. The van der Waals surface area contributed by atoms with Crippen LogP contribution in [-0.2, 0) is 0 Å². The third kappa shape index (κ3) is 3.23. The summed E-state index contributed by atoms with van der Waals surface area (Å²) in [5.41, 5.74) is 0. The molecule has 2 aliphatic carbocycles. The fraction of sp³-hybridized carbons (Fsp3) is 1.00. The highest BCUT2D eigenvalue weighted by atomic mass is 15.2. The molecule has 2 aliphatic rings. The van der Waals surface area contributed by atoms with Crippen molar-refractivity contribution >= 4 is 0 Å². The summed E-state index contributed by atoms with van der Waals surface area (Å²) in [6.07, 6.45) is 11.5. The van der Waals surface area contributed by atoms with E-state index in [0.29, 0.717) is 0 Å². The number of nitrogens with zero attached hydrogens (tertiary/aromatic N) is 1. The smallest absolute Gasteiger partial charge is 0.0252 e. The zero-order valence-electron chi connectivity index (χ0n) is 11.8. The highest BCUT2D eigenvalue weighted by Gasteiger charge is 2.34. The maximum atomic E-state index is 3.71. The van der Waals surface area contributed by atoms with Crippen LogP contribution in [0.1, 0.15) is 65.2 Å². The van der Waals surface area contributed by atoms with Crippen molar-refractivity contribution in [1.29, 1.82) is 0 Å². The molecule has 2 heteroatoms. The number of hydrogen-bond donors (Lipinski definition) is 1. The first-order valence-electron chi connectivity index (χ1n) is 7.86. The molecule has 0 bridgehead atoms. The first-order valence-corrected chi connectivity index (χ1v) is 7.86. The standard InChI is InChI=1S/C15H30N2/c1-3-16-14-11-8-12-15(14)17(4-2)13-9-6-5-7-10-13/h13-16H,3-12H2,1-2H3. The molecule has 100 valence electrons. The minimum absolute atomic E-state index is 0.766. The summed E-state index contributed by atoms with van der Waals surface area (Å²) >= 11 is 0. The molecule has 2 rings (SSSR count). The van der Waals surface area contributed by atoms with Crippen molar-refractivity contribution in [2.45, 2.75) is 83.3 Å². The van der Waals surface area contributed by atoms with Gasteiger partial charge in [0, 0.05) is 18.1 Å². The van der Waals surface area contributed by atoms with Gasteiger partial charge in [-0.1, -0.05) is 39.5 Å². The van der Waals surface area contributed by atoms with Gasteiger partial charge in [-0.05, 0) is 38.8 Å². The van der Waals surface area contributed by atoms with E-state index in [1.165, 1.54) is 57.9 Å². The van der Waals surface area contributed by atoms with Gasteiger partial charge >= 0.3 is 0 Å². The maximum absolute atomic E-state index is 3.71. The van der Waals surface area contributed by atoms with Gasteiger partial charge < -0.3 is 5.32 Å². The molecule has 2 atom stereocenters. The van der Waals surface area contributed by atoms with E-state index in [-0.39, 0.29) is 0 Å². The predicted octanol–water partition coefficient (Wildman–Crippen LogP) is 3.17. The Labute approximate surface area is 107 Å². The highest BCUT2D eigenvalue weighted by Crippen LogP contribution is 2.30. The summed E-state index contributed by atoms with van der Waals surface area (Å²) in [5, 5.41) is 3.71. The molecule has 0 aliphatic heterocycles. The van der Waals surface area contributed by atoms with Crippen LogP contribution < -0.4 is 5.32 Å². The molecule has 0 amide bonds. The van der Waals surface area contributed by atoms with Crippen LogP contribution in [0.4, 0.5) is 0 Å². The Bertz CT molecular complexity index is 211. The zero-order valence-corrected chi connectivity index (χ0v) is 11.8. The Morgan fingerprint density at radius 2 is 1.71 bits per heavy atom. The average Bonchev–Trinajstić information content (AvgIpc) is 2.81. The monoisotopic (exact) mass is 238 g/mol. The molecular weight excluding hydrogens is 208 g/mol. The largest absolute Gasteiger partial charge is 0.313 e. The van der Waals surface area contributed by atoms with Crippen molar-refractivity contribution in [3.63, 3.8) is 0 Å². The van der Waals surface area contributed by atoms with E-state index in [9.17, 15) is 0 Å². The minimum Gasteiger partial charge on any atom is -0.313 e.